The number of hydrogen-bond acceptors (Lipinski definition) is 3. The Kier molecular flexibility index (Phi) is 6.16. The summed E-state index contributed by atoms with van der Waals surface area (Å²) in [7, 11) is 0. The molecule has 0 fully saturated rings. The van der Waals surface area contributed by atoms with Gasteiger partial charge in [-0.05, 0) is 25.8 Å². The maximum absolute atomic E-state index is 5.94. The van der Waals surface area contributed by atoms with Gasteiger partial charge >= 0.3 is 0 Å². The van der Waals surface area contributed by atoms with Gasteiger partial charge in [0, 0.05) is 18.2 Å². The van der Waals surface area contributed by atoms with E-state index < -0.39 is 0 Å². The van der Waals surface area contributed by atoms with Crippen molar-refractivity contribution in [3.63, 3.8) is 0 Å². The van der Waals surface area contributed by atoms with Gasteiger partial charge in [-0.1, -0.05) is 31.5 Å². The van der Waals surface area contributed by atoms with Crippen LogP contribution in [0.2, 0.25) is 0 Å². The zero-order valence-corrected chi connectivity index (χ0v) is 11.9. The Morgan fingerprint density at radius 1 is 1.17 bits per heavy atom. The summed E-state index contributed by atoms with van der Waals surface area (Å²) in [5.41, 5.74) is 8.20. The summed E-state index contributed by atoms with van der Waals surface area (Å²) in [4.78, 5) is 0. The van der Waals surface area contributed by atoms with Gasteiger partial charge in [0.2, 0.25) is 0 Å². The lowest BCUT2D eigenvalue weighted by Gasteiger charge is -2.15. The van der Waals surface area contributed by atoms with Crippen molar-refractivity contribution in [1.29, 1.82) is 0 Å². The van der Waals surface area contributed by atoms with Crippen molar-refractivity contribution in [1.82, 2.24) is 0 Å². The van der Waals surface area contributed by atoms with Crippen LogP contribution < -0.4 is 10.5 Å². The van der Waals surface area contributed by atoms with E-state index in [0.29, 0.717) is 19.1 Å². The smallest absolute Gasteiger partial charge is 0.124 e. The average Bonchev–Trinajstić information content (AvgIpc) is 2.29. The maximum atomic E-state index is 5.94. The van der Waals surface area contributed by atoms with Crippen LogP contribution in [0.4, 0.5) is 0 Å². The van der Waals surface area contributed by atoms with Crippen molar-refractivity contribution in [3.05, 3.63) is 29.3 Å². The number of aryl methyl sites for hydroxylation is 1. The summed E-state index contributed by atoms with van der Waals surface area (Å²) in [6, 6.07) is 6.08. The third-order valence-electron chi connectivity index (χ3n) is 2.59. The quantitative estimate of drug-likeness (QED) is 0.757. The highest BCUT2D eigenvalue weighted by atomic mass is 16.5. The van der Waals surface area contributed by atoms with Gasteiger partial charge in [-0.15, -0.1) is 0 Å². The van der Waals surface area contributed by atoms with Crippen molar-refractivity contribution in [2.75, 3.05) is 19.8 Å². The molecule has 0 bridgehead atoms. The van der Waals surface area contributed by atoms with E-state index in [1.165, 1.54) is 5.56 Å². The van der Waals surface area contributed by atoms with Crippen LogP contribution in [0.3, 0.4) is 0 Å². The van der Waals surface area contributed by atoms with Gasteiger partial charge in [0.1, 0.15) is 12.4 Å². The zero-order chi connectivity index (χ0) is 13.5. The Bertz CT molecular complexity index is 362. The molecule has 0 unspecified atom stereocenters. The van der Waals surface area contributed by atoms with Crippen LogP contribution in [0.5, 0.6) is 5.75 Å². The molecular weight excluding hydrogens is 226 g/mol. The summed E-state index contributed by atoms with van der Waals surface area (Å²) < 4.78 is 11.2. The molecule has 0 aromatic heterocycles. The summed E-state index contributed by atoms with van der Waals surface area (Å²) in [5, 5.41) is 0. The second-order valence-electron chi connectivity index (χ2n) is 5.15. The minimum absolute atomic E-state index is 0.0171. The largest absolute Gasteiger partial charge is 0.491 e. The molecule has 102 valence electrons. The molecule has 1 rings (SSSR count). The molecule has 3 heteroatoms. The summed E-state index contributed by atoms with van der Waals surface area (Å²) in [5.74, 6) is 1.42. The highest BCUT2D eigenvalue weighted by Crippen LogP contribution is 2.24. The Morgan fingerprint density at radius 2 is 1.89 bits per heavy atom. The molecule has 0 heterocycles. The van der Waals surface area contributed by atoms with Crippen LogP contribution in [-0.4, -0.2) is 19.8 Å². The fourth-order valence-electron chi connectivity index (χ4n) is 1.68. The van der Waals surface area contributed by atoms with Crippen molar-refractivity contribution in [2.24, 2.45) is 11.7 Å². The van der Waals surface area contributed by atoms with E-state index in [1.807, 2.05) is 19.1 Å². The second-order valence-corrected chi connectivity index (χ2v) is 5.15. The van der Waals surface area contributed by atoms with Gasteiger partial charge < -0.3 is 15.2 Å². The first kappa shape index (κ1) is 15.0. The fourth-order valence-corrected chi connectivity index (χ4v) is 1.68. The van der Waals surface area contributed by atoms with E-state index in [1.54, 1.807) is 0 Å². The molecule has 0 aliphatic carbocycles. The SMILES string of the molecule is Cc1ccc(OCCOCC(C)C)c([C@H](C)N)c1. The third-order valence-corrected chi connectivity index (χ3v) is 2.59. The number of hydrogen-bond donors (Lipinski definition) is 1. The van der Waals surface area contributed by atoms with E-state index in [9.17, 15) is 0 Å². The molecular formula is C15H25NO2. The van der Waals surface area contributed by atoms with E-state index in [0.717, 1.165) is 17.9 Å². The minimum Gasteiger partial charge on any atom is -0.491 e. The van der Waals surface area contributed by atoms with Gasteiger partial charge in [-0.2, -0.15) is 0 Å². The first-order chi connectivity index (χ1) is 8.50. The molecule has 1 aromatic carbocycles. The summed E-state index contributed by atoms with van der Waals surface area (Å²) >= 11 is 0. The second kappa shape index (κ2) is 7.39. The van der Waals surface area contributed by atoms with Gasteiger partial charge in [0.05, 0.1) is 6.61 Å². The molecule has 0 saturated carbocycles. The molecule has 18 heavy (non-hydrogen) atoms. The van der Waals surface area contributed by atoms with E-state index in [4.69, 9.17) is 15.2 Å². The molecule has 0 saturated heterocycles. The lowest BCUT2D eigenvalue weighted by molar-refractivity contribution is 0.0815. The van der Waals surface area contributed by atoms with Gasteiger partial charge in [-0.25, -0.2) is 0 Å². The normalized spacial score (nSPS) is 12.8. The van der Waals surface area contributed by atoms with Crippen molar-refractivity contribution in [2.45, 2.75) is 33.7 Å². The molecule has 3 nitrogen and oxygen atoms in total. The molecule has 0 aliphatic rings. The Balaban J connectivity index is 2.46. The predicted molar refractivity (Wildman–Crippen MR) is 74.9 cm³/mol. The molecule has 2 N–H and O–H groups in total. The van der Waals surface area contributed by atoms with Crippen LogP contribution in [-0.2, 0) is 4.74 Å². The average molecular weight is 251 g/mol. The van der Waals surface area contributed by atoms with Gasteiger partial charge in [0.25, 0.3) is 0 Å². The minimum atomic E-state index is -0.0171. The first-order valence-electron chi connectivity index (χ1n) is 6.57. The van der Waals surface area contributed by atoms with Crippen molar-refractivity contribution < 1.29 is 9.47 Å². The van der Waals surface area contributed by atoms with Crippen LogP contribution in [0.25, 0.3) is 0 Å². The van der Waals surface area contributed by atoms with Crippen molar-refractivity contribution in [3.8, 4) is 5.75 Å². The monoisotopic (exact) mass is 251 g/mol. The molecule has 0 amide bonds. The van der Waals surface area contributed by atoms with Crippen LogP contribution in [0.1, 0.15) is 37.9 Å². The van der Waals surface area contributed by atoms with Crippen molar-refractivity contribution >= 4 is 0 Å². The summed E-state index contributed by atoms with van der Waals surface area (Å²) in [6.45, 7) is 10.2. The Hall–Kier alpha value is -1.06. The fraction of sp³-hybridized carbons (Fsp3) is 0.600. The van der Waals surface area contributed by atoms with E-state index in [2.05, 4.69) is 26.8 Å². The number of ether oxygens (including phenoxy) is 2. The highest BCUT2D eigenvalue weighted by molar-refractivity contribution is 5.38. The summed E-state index contributed by atoms with van der Waals surface area (Å²) in [6.07, 6.45) is 0. The lowest BCUT2D eigenvalue weighted by Crippen LogP contribution is -2.13. The van der Waals surface area contributed by atoms with Crippen LogP contribution >= 0.6 is 0 Å². The van der Waals surface area contributed by atoms with Crippen LogP contribution in [0, 0.1) is 12.8 Å². The maximum Gasteiger partial charge on any atom is 0.124 e. The number of rotatable bonds is 7. The van der Waals surface area contributed by atoms with Gasteiger partial charge in [0.15, 0.2) is 0 Å². The highest BCUT2D eigenvalue weighted by Gasteiger charge is 2.08. The Labute approximate surface area is 110 Å². The number of benzene rings is 1. The molecule has 0 aliphatic heterocycles. The number of nitrogens with two attached hydrogens (primary N) is 1. The topological polar surface area (TPSA) is 44.5 Å². The van der Waals surface area contributed by atoms with Crippen LogP contribution in [0.15, 0.2) is 18.2 Å². The standard InChI is InChI=1S/C15H25NO2/c1-11(2)10-17-7-8-18-15-6-5-12(3)9-14(15)13(4)16/h5-6,9,11,13H,7-8,10,16H2,1-4H3/t13-/m0/s1. The molecule has 0 radical (unpaired) electrons. The molecule has 1 atom stereocenters. The van der Waals surface area contributed by atoms with E-state index >= 15 is 0 Å². The van der Waals surface area contributed by atoms with Gasteiger partial charge in [-0.3, -0.25) is 0 Å². The predicted octanol–water partition coefficient (Wildman–Crippen LogP) is 3.07. The lowest BCUT2D eigenvalue weighted by atomic mass is 10.1. The molecule has 1 aromatic rings. The zero-order valence-electron chi connectivity index (χ0n) is 11.9. The third kappa shape index (κ3) is 5.07. The molecule has 0 spiro atoms. The Morgan fingerprint density at radius 3 is 2.50 bits per heavy atom. The van der Waals surface area contributed by atoms with E-state index in [-0.39, 0.29) is 6.04 Å². The first-order valence-corrected chi connectivity index (χ1v) is 6.57.